The lowest BCUT2D eigenvalue weighted by atomic mass is 10.0. The number of halogens is 3. The summed E-state index contributed by atoms with van der Waals surface area (Å²) in [5.74, 6) is 0.451. The Labute approximate surface area is 194 Å². The number of ether oxygens (including phenoxy) is 1. The van der Waals surface area contributed by atoms with Gasteiger partial charge in [0.25, 0.3) is 0 Å². The quantitative estimate of drug-likeness (QED) is 0.369. The number of rotatable bonds is 6. The summed E-state index contributed by atoms with van der Waals surface area (Å²) in [7, 11) is 0. The summed E-state index contributed by atoms with van der Waals surface area (Å²) in [5, 5.41) is 6.58. The van der Waals surface area contributed by atoms with Gasteiger partial charge in [-0.25, -0.2) is 9.48 Å². The molecule has 4 rings (SSSR count). The van der Waals surface area contributed by atoms with Crippen LogP contribution in [-0.2, 0) is 12.6 Å². The minimum atomic E-state index is -4.58. The summed E-state index contributed by atoms with van der Waals surface area (Å²) in [6.45, 7) is 1.98. The molecule has 0 aliphatic rings. The summed E-state index contributed by atoms with van der Waals surface area (Å²) in [6, 6.07) is 24.2. The van der Waals surface area contributed by atoms with Crippen LogP contribution in [0.15, 0.2) is 84.9 Å². The van der Waals surface area contributed by atoms with E-state index in [9.17, 15) is 18.0 Å². The van der Waals surface area contributed by atoms with E-state index in [-0.39, 0.29) is 5.56 Å². The van der Waals surface area contributed by atoms with E-state index < -0.39 is 18.0 Å². The van der Waals surface area contributed by atoms with E-state index in [2.05, 4.69) is 10.4 Å². The van der Waals surface area contributed by atoms with Gasteiger partial charge in [-0.15, -0.1) is 0 Å². The zero-order valence-electron chi connectivity index (χ0n) is 18.3. The van der Waals surface area contributed by atoms with Crippen molar-refractivity contribution in [3.8, 4) is 22.6 Å². The Morgan fingerprint density at radius 1 is 0.941 bits per heavy atom. The minimum absolute atomic E-state index is 0.0679. The third kappa shape index (κ3) is 5.28. The molecule has 1 N–H and O–H groups in total. The zero-order chi connectivity index (χ0) is 24.1. The summed E-state index contributed by atoms with van der Waals surface area (Å²) in [5.41, 5.74) is 1.44. The Hall–Kier alpha value is -4.07. The molecule has 0 saturated heterocycles. The first kappa shape index (κ1) is 23.1. The molecule has 0 aliphatic carbocycles. The summed E-state index contributed by atoms with van der Waals surface area (Å²) in [6.07, 6.45) is -4.60. The molecular weight excluding hydrogens is 443 g/mol. The molecule has 0 saturated carbocycles. The van der Waals surface area contributed by atoms with Crippen molar-refractivity contribution < 1.29 is 22.7 Å². The lowest BCUT2D eigenvalue weighted by Gasteiger charge is -2.09. The van der Waals surface area contributed by atoms with Gasteiger partial charge >= 0.3 is 12.3 Å². The maximum Gasteiger partial charge on any atom is 0.435 e. The summed E-state index contributed by atoms with van der Waals surface area (Å²) >= 11 is 0. The first-order valence-electron chi connectivity index (χ1n) is 10.6. The van der Waals surface area contributed by atoms with Crippen LogP contribution < -0.4 is 10.1 Å². The average molecular weight is 465 g/mol. The number of aromatic nitrogens is 2. The van der Waals surface area contributed by atoms with E-state index in [1.54, 1.807) is 85.8 Å². The summed E-state index contributed by atoms with van der Waals surface area (Å²) in [4.78, 5) is 11.9. The number of hydrogen-bond acceptors (Lipinski definition) is 3. The lowest BCUT2D eigenvalue weighted by Crippen LogP contribution is -2.28. The van der Waals surface area contributed by atoms with Crippen molar-refractivity contribution >= 4 is 6.09 Å². The van der Waals surface area contributed by atoms with Gasteiger partial charge in [0.05, 0.1) is 5.69 Å². The molecular formula is C26H22F3N3O2. The molecule has 4 aromatic rings. The lowest BCUT2D eigenvalue weighted by molar-refractivity contribution is -0.140. The van der Waals surface area contributed by atoms with Crippen molar-refractivity contribution in [1.29, 1.82) is 0 Å². The zero-order valence-corrected chi connectivity index (χ0v) is 18.3. The number of hydrogen-bond donors (Lipinski definition) is 1. The minimum Gasteiger partial charge on any atom is -0.410 e. The first-order valence-corrected chi connectivity index (χ1v) is 10.6. The number of nitrogens with zero attached hydrogens (tertiary/aromatic N) is 2. The Balaban J connectivity index is 1.46. The molecule has 1 amide bonds. The number of benzene rings is 3. The van der Waals surface area contributed by atoms with Crippen LogP contribution in [0.3, 0.4) is 0 Å². The second-order valence-electron chi connectivity index (χ2n) is 7.63. The highest BCUT2D eigenvalue weighted by Gasteiger charge is 2.39. The molecule has 8 heteroatoms. The molecule has 0 bridgehead atoms. The fraction of sp³-hybridized carbons (Fsp3) is 0.154. The topological polar surface area (TPSA) is 56.2 Å². The largest absolute Gasteiger partial charge is 0.435 e. The molecule has 0 fully saturated rings. The van der Waals surface area contributed by atoms with Crippen LogP contribution in [0.4, 0.5) is 18.0 Å². The van der Waals surface area contributed by atoms with Crippen molar-refractivity contribution in [3.63, 3.8) is 0 Å². The normalized spacial score (nSPS) is 11.3. The van der Waals surface area contributed by atoms with Crippen molar-refractivity contribution in [1.82, 2.24) is 15.1 Å². The van der Waals surface area contributed by atoms with Gasteiger partial charge in [-0.05, 0) is 48.7 Å². The average Bonchev–Trinajstić information content (AvgIpc) is 3.18. The number of carbonyl (C=O) groups excluding carboxylic acids is 1. The molecule has 1 aromatic heterocycles. The molecule has 0 radical (unpaired) electrons. The van der Waals surface area contributed by atoms with E-state index in [1.807, 2.05) is 6.07 Å². The predicted octanol–water partition coefficient (Wildman–Crippen LogP) is 6.20. The Morgan fingerprint density at radius 3 is 2.18 bits per heavy atom. The Bertz CT molecular complexity index is 1250. The summed E-state index contributed by atoms with van der Waals surface area (Å²) < 4.78 is 47.7. The third-order valence-electron chi connectivity index (χ3n) is 5.26. The third-order valence-corrected chi connectivity index (χ3v) is 5.26. The maximum absolute atomic E-state index is 13.7. The van der Waals surface area contributed by atoms with E-state index in [0.717, 1.165) is 5.56 Å². The van der Waals surface area contributed by atoms with Crippen LogP contribution in [0, 0.1) is 6.92 Å². The molecule has 1 heterocycles. The standard InChI is InChI=1S/C26H22F3N3O2/c1-18-23(20-8-4-2-5-9-20)24(26(27,28)29)31-32(18)21-14-12-19(13-15-21)16-17-30-25(33)34-22-10-6-3-7-11-22/h2-15H,16-17H2,1H3,(H,30,33). The highest BCUT2D eigenvalue weighted by atomic mass is 19.4. The van der Waals surface area contributed by atoms with Gasteiger partial charge in [-0.2, -0.15) is 18.3 Å². The van der Waals surface area contributed by atoms with Gasteiger partial charge in [-0.1, -0.05) is 60.7 Å². The number of carbonyl (C=O) groups is 1. The molecule has 0 unspecified atom stereocenters. The fourth-order valence-electron chi connectivity index (χ4n) is 3.65. The highest BCUT2D eigenvalue weighted by molar-refractivity contribution is 5.71. The van der Waals surface area contributed by atoms with Crippen LogP contribution in [0.2, 0.25) is 0 Å². The van der Waals surface area contributed by atoms with Crippen molar-refractivity contribution in [2.24, 2.45) is 0 Å². The van der Waals surface area contributed by atoms with Gasteiger partial charge in [0.1, 0.15) is 5.75 Å². The van der Waals surface area contributed by atoms with Gasteiger partial charge in [0, 0.05) is 17.8 Å². The second kappa shape index (κ2) is 9.82. The first-order chi connectivity index (χ1) is 16.3. The SMILES string of the molecule is Cc1c(-c2ccccc2)c(C(F)(F)F)nn1-c1ccc(CCNC(=O)Oc2ccccc2)cc1. The van der Waals surface area contributed by atoms with Gasteiger partial charge < -0.3 is 10.1 Å². The molecule has 3 aromatic carbocycles. The van der Waals surface area contributed by atoms with Gasteiger partial charge in [0.15, 0.2) is 5.69 Å². The fourth-order valence-corrected chi connectivity index (χ4v) is 3.65. The maximum atomic E-state index is 13.7. The molecule has 174 valence electrons. The Kier molecular flexibility index (Phi) is 6.67. The van der Waals surface area contributed by atoms with E-state index in [1.165, 1.54) is 4.68 Å². The van der Waals surface area contributed by atoms with Crippen molar-refractivity contribution in [2.75, 3.05) is 6.54 Å². The predicted molar refractivity (Wildman–Crippen MR) is 123 cm³/mol. The number of para-hydroxylation sites is 1. The van der Waals surface area contributed by atoms with Crippen LogP contribution in [-0.4, -0.2) is 22.4 Å². The van der Waals surface area contributed by atoms with E-state index >= 15 is 0 Å². The molecule has 0 spiro atoms. The molecule has 0 atom stereocenters. The Morgan fingerprint density at radius 2 is 1.56 bits per heavy atom. The second-order valence-corrected chi connectivity index (χ2v) is 7.63. The number of alkyl halides is 3. The molecule has 5 nitrogen and oxygen atoms in total. The van der Waals surface area contributed by atoms with Crippen molar-refractivity contribution in [2.45, 2.75) is 19.5 Å². The van der Waals surface area contributed by atoms with Crippen LogP contribution >= 0.6 is 0 Å². The monoisotopic (exact) mass is 465 g/mol. The van der Waals surface area contributed by atoms with Gasteiger partial charge in [-0.3, -0.25) is 0 Å². The molecule has 0 aliphatic heterocycles. The van der Waals surface area contributed by atoms with Crippen LogP contribution in [0.1, 0.15) is 17.0 Å². The van der Waals surface area contributed by atoms with Crippen LogP contribution in [0.25, 0.3) is 16.8 Å². The van der Waals surface area contributed by atoms with E-state index in [4.69, 9.17) is 4.74 Å². The highest BCUT2D eigenvalue weighted by Crippen LogP contribution is 2.39. The van der Waals surface area contributed by atoms with Gasteiger partial charge in [0.2, 0.25) is 0 Å². The number of nitrogens with one attached hydrogen (secondary N) is 1. The molecule has 34 heavy (non-hydrogen) atoms. The smallest absolute Gasteiger partial charge is 0.410 e. The number of amides is 1. The van der Waals surface area contributed by atoms with Crippen LogP contribution in [0.5, 0.6) is 5.75 Å². The van der Waals surface area contributed by atoms with E-state index in [0.29, 0.717) is 35.7 Å². The van der Waals surface area contributed by atoms with Crippen molar-refractivity contribution in [3.05, 3.63) is 102 Å².